The third-order valence-electron chi connectivity index (χ3n) is 5.32. The van der Waals surface area contributed by atoms with Crippen LogP contribution in [0, 0.1) is 0 Å². The van der Waals surface area contributed by atoms with Crippen LogP contribution in [-0.4, -0.2) is 20.9 Å². The van der Waals surface area contributed by atoms with Crippen LogP contribution in [0.25, 0.3) is 22.6 Å². The van der Waals surface area contributed by atoms with Gasteiger partial charge in [0.2, 0.25) is 0 Å². The molecule has 0 aliphatic carbocycles. The fraction of sp³-hybridized carbons (Fsp3) is 0. The number of amides is 1. The van der Waals surface area contributed by atoms with Gasteiger partial charge in [0.15, 0.2) is 0 Å². The third-order valence-corrected chi connectivity index (χ3v) is 6.06. The number of hydrogen-bond donors (Lipinski definition) is 3. The summed E-state index contributed by atoms with van der Waals surface area (Å²) in [6.45, 7) is 0. The molecule has 172 valence electrons. The van der Waals surface area contributed by atoms with Crippen molar-refractivity contribution in [2.45, 2.75) is 0 Å². The predicted molar refractivity (Wildman–Crippen MR) is 141 cm³/mol. The lowest BCUT2D eigenvalue weighted by molar-refractivity contribution is 0.102. The summed E-state index contributed by atoms with van der Waals surface area (Å²) in [6, 6.07) is 24.3. The van der Waals surface area contributed by atoms with E-state index in [9.17, 15) is 4.79 Å². The number of pyridine rings is 1. The molecule has 5 aromatic rings. The van der Waals surface area contributed by atoms with E-state index in [0.717, 1.165) is 34.0 Å². The van der Waals surface area contributed by atoms with Crippen LogP contribution >= 0.6 is 23.2 Å². The Morgan fingerprint density at radius 1 is 0.771 bits per heavy atom. The molecular formula is C27H19Cl2N5O. The molecular weight excluding hydrogens is 481 g/mol. The van der Waals surface area contributed by atoms with Gasteiger partial charge >= 0.3 is 0 Å². The van der Waals surface area contributed by atoms with Gasteiger partial charge in [-0.3, -0.25) is 9.78 Å². The molecule has 0 bridgehead atoms. The Kier molecular flexibility index (Phi) is 6.48. The first-order chi connectivity index (χ1) is 17.0. The summed E-state index contributed by atoms with van der Waals surface area (Å²) in [4.78, 5) is 24.2. The highest BCUT2D eigenvalue weighted by Crippen LogP contribution is 2.28. The van der Waals surface area contributed by atoms with Gasteiger partial charge in [-0.05, 0) is 72.3 Å². The smallest absolute Gasteiger partial charge is 0.257 e. The molecule has 1 amide bonds. The molecule has 5 rings (SSSR count). The summed E-state index contributed by atoms with van der Waals surface area (Å²) in [5, 5.41) is 7.19. The van der Waals surface area contributed by atoms with Gasteiger partial charge in [-0.15, -0.1) is 0 Å². The molecule has 2 heterocycles. The van der Waals surface area contributed by atoms with E-state index >= 15 is 0 Å². The quantitative estimate of drug-likeness (QED) is 0.226. The number of aromatic nitrogens is 3. The van der Waals surface area contributed by atoms with Crippen LogP contribution in [-0.2, 0) is 0 Å². The van der Waals surface area contributed by atoms with Gasteiger partial charge in [-0.25, -0.2) is 4.98 Å². The van der Waals surface area contributed by atoms with Gasteiger partial charge in [0.05, 0.1) is 27.5 Å². The van der Waals surface area contributed by atoms with E-state index in [-0.39, 0.29) is 5.91 Å². The van der Waals surface area contributed by atoms with Crippen molar-refractivity contribution in [2.24, 2.45) is 0 Å². The lowest BCUT2D eigenvalue weighted by atomic mass is 10.1. The minimum absolute atomic E-state index is 0.202. The summed E-state index contributed by atoms with van der Waals surface area (Å²) in [6.07, 6.45) is 4.96. The average molecular weight is 500 g/mol. The van der Waals surface area contributed by atoms with Crippen LogP contribution in [0.4, 0.5) is 17.1 Å². The van der Waals surface area contributed by atoms with Gasteiger partial charge in [0, 0.05) is 35.0 Å². The van der Waals surface area contributed by atoms with E-state index in [1.165, 1.54) is 6.20 Å². The summed E-state index contributed by atoms with van der Waals surface area (Å²) < 4.78 is 0. The number of nitrogens with zero attached hydrogens (tertiary/aromatic N) is 2. The van der Waals surface area contributed by atoms with E-state index in [1.807, 2.05) is 54.6 Å². The maximum atomic E-state index is 12.3. The van der Waals surface area contributed by atoms with Crippen LogP contribution in [0.15, 0.2) is 97.5 Å². The minimum atomic E-state index is -0.202. The summed E-state index contributed by atoms with van der Waals surface area (Å²) >= 11 is 12.1. The maximum absolute atomic E-state index is 12.3. The monoisotopic (exact) mass is 499 g/mol. The van der Waals surface area contributed by atoms with Crippen LogP contribution in [0.5, 0.6) is 0 Å². The van der Waals surface area contributed by atoms with Crippen molar-refractivity contribution >= 4 is 46.2 Å². The first kappa shape index (κ1) is 22.7. The van der Waals surface area contributed by atoms with Crippen molar-refractivity contribution in [2.75, 3.05) is 10.6 Å². The van der Waals surface area contributed by atoms with E-state index in [2.05, 4.69) is 25.6 Å². The van der Waals surface area contributed by atoms with Crippen molar-refractivity contribution in [3.05, 3.63) is 113 Å². The highest BCUT2D eigenvalue weighted by molar-refractivity contribution is 6.42. The second-order valence-corrected chi connectivity index (χ2v) is 8.56. The highest BCUT2D eigenvalue weighted by Gasteiger charge is 2.09. The third kappa shape index (κ3) is 5.35. The Bertz CT molecular complexity index is 1470. The highest BCUT2D eigenvalue weighted by atomic mass is 35.5. The summed E-state index contributed by atoms with van der Waals surface area (Å²) in [7, 11) is 0. The number of H-pyrrole nitrogens is 1. The number of rotatable bonds is 6. The molecule has 35 heavy (non-hydrogen) atoms. The van der Waals surface area contributed by atoms with Gasteiger partial charge < -0.3 is 15.6 Å². The molecule has 0 radical (unpaired) electrons. The largest absolute Gasteiger partial charge is 0.355 e. The second-order valence-electron chi connectivity index (χ2n) is 7.75. The Labute approximate surface area is 212 Å². The lowest BCUT2D eigenvalue weighted by Crippen LogP contribution is -2.11. The number of hydrogen-bond acceptors (Lipinski definition) is 4. The molecule has 8 heteroatoms. The van der Waals surface area contributed by atoms with Gasteiger partial charge in [0.25, 0.3) is 5.91 Å². The first-order valence-corrected chi connectivity index (χ1v) is 11.5. The van der Waals surface area contributed by atoms with Crippen LogP contribution in [0.1, 0.15) is 10.4 Å². The molecule has 6 nitrogen and oxygen atoms in total. The minimum Gasteiger partial charge on any atom is -0.355 e. The van der Waals surface area contributed by atoms with Crippen LogP contribution < -0.4 is 10.6 Å². The number of carbonyl (C=O) groups excluding carboxylic acids is 1. The molecule has 2 aromatic heterocycles. The summed E-state index contributed by atoms with van der Waals surface area (Å²) in [5.74, 6) is 0.557. The topological polar surface area (TPSA) is 82.7 Å². The molecule has 0 unspecified atom stereocenters. The predicted octanol–water partition coefficient (Wildman–Crippen LogP) is 7.44. The molecule has 3 aromatic carbocycles. The maximum Gasteiger partial charge on any atom is 0.257 e. The molecule has 0 atom stereocenters. The number of aromatic amines is 1. The molecule has 0 aliphatic heterocycles. The zero-order valence-corrected chi connectivity index (χ0v) is 19.8. The molecule has 3 N–H and O–H groups in total. The van der Waals surface area contributed by atoms with Crippen molar-refractivity contribution in [3.8, 4) is 22.6 Å². The lowest BCUT2D eigenvalue weighted by Gasteiger charge is -2.08. The zero-order chi connectivity index (χ0) is 24.2. The number of imidazole rings is 1. The second kappa shape index (κ2) is 10.0. The van der Waals surface area contributed by atoms with Crippen molar-refractivity contribution in [1.29, 1.82) is 0 Å². The number of nitrogens with one attached hydrogen (secondary N) is 3. The first-order valence-electron chi connectivity index (χ1n) is 10.7. The SMILES string of the molecule is O=C(Nc1ccc(-c2cnc(-c3ccc(Nc4ccc(Cl)c(Cl)c4)cc3)[nH]2)cc1)c1cccnc1. The van der Waals surface area contributed by atoms with E-state index in [4.69, 9.17) is 23.2 Å². The molecule has 0 aliphatic rings. The fourth-order valence-electron chi connectivity index (χ4n) is 3.50. The normalized spacial score (nSPS) is 10.7. The zero-order valence-electron chi connectivity index (χ0n) is 18.3. The Morgan fingerprint density at radius 3 is 2.20 bits per heavy atom. The standard InChI is InChI=1S/C27H19Cl2N5O/c28-23-12-11-22(14-24(23)29)32-20-9-5-18(6-10-20)26-31-16-25(34-26)17-3-7-21(8-4-17)33-27(35)19-2-1-13-30-15-19/h1-16,32H,(H,31,34)(H,33,35). The summed E-state index contributed by atoms with van der Waals surface area (Å²) in [5.41, 5.74) is 5.77. The van der Waals surface area contributed by atoms with Crippen molar-refractivity contribution in [3.63, 3.8) is 0 Å². The van der Waals surface area contributed by atoms with Gasteiger partial charge in [0.1, 0.15) is 5.82 Å². The van der Waals surface area contributed by atoms with Crippen molar-refractivity contribution < 1.29 is 4.79 Å². The number of anilines is 3. The van der Waals surface area contributed by atoms with Crippen LogP contribution in [0.2, 0.25) is 10.0 Å². The van der Waals surface area contributed by atoms with Crippen LogP contribution in [0.3, 0.4) is 0 Å². The van der Waals surface area contributed by atoms with Crippen molar-refractivity contribution in [1.82, 2.24) is 15.0 Å². The van der Waals surface area contributed by atoms with Gasteiger partial charge in [-0.1, -0.05) is 35.3 Å². The van der Waals surface area contributed by atoms with E-state index in [0.29, 0.717) is 21.3 Å². The average Bonchev–Trinajstić information content (AvgIpc) is 3.38. The van der Waals surface area contributed by atoms with Gasteiger partial charge in [-0.2, -0.15) is 0 Å². The Morgan fingerprint density at radius 2 is 1.49 bits per heavy atom. The Balaban J connectivity index is 1.25. The number of carbonyl (C=O) groups is 1. The molecule has 0 saturated heterocycles. The number of halogens is 2. The fourth-order valence-corrected chi connectivity index (χ4v) is 3.80. The molecule has 0 saturated carbocycles. The van der Waals surface area contributed by atoms with E-state index in [1.54, 1.807) is 36.7 Å². The Hall–Kier alpha value is -4.13. The molecule has 0 spiro atoms. The van der Waals surface area contributed by atoms with E-state index < -0.39 is 0 Å². The molecule has 0 fully saturated rings. The number of benzene rings is 3.